The van der Waals surface area contributed by atoms with Crippen LogP contribution in [-0.2, 0) is 32.7 Å². The maximum atomic E-state index is 12.2. The number of carbonyl (C=O) groups excluding carboxylic acids is 2. The minimum atomic E-state index is -4.34. The molecule has 0 amide bonds. The number of phosphoric ester groups is 1. The second kappa shape index (κ2) is 20.1. The fraction of sp³-hybridized carbons (Fsp3) is 0.615. The standard InChI is InChI=1S/C26H44NO8P/c1-6-7-8-9-10-11-12-13-14-15-16-17-18-19-26(29)35-25(22-32-24(2)28)23-34-36(30,31)33-21-20-27(3,4)5/h7-8,10-11,13-14,16-17,25H,6,9,12,15,18-23H2,1-5H3/p+1/b8-7-,11-10-,14-13-,17-16-. The van der Waals surface area contributed by atoms with Crippen molar-refractivity contribution in [3.05, 3.63) is 48.6 Å². The van der Waals surface area contributed by atoms with Crippen LogP contribution in [-0.4, -0.2) is 74.9 Å². The zero-order chi connectivity index (χ0) is 27.3. The van der Waals surface area contributed by atoms with Gasteiger partial charge in [-0.3, -0.25) is 18.6 Å². The van der Waals surface area contributed by atoms with Gasteiger partial charge in [-0.05, 0) is 32.1 Å². The molecule has 0 spiro atoms. The molecule has 0 aliphatic carbocycles. The van der Waals surface area contributed by atoms with Crippen LogP contribution in [0.15, 0.2) is 48.6 Å². The molecule has 0 aromatic rings. The highest BCUT2D eigenvalue weighted by atomic mass is 31.2. The van der Waals surface area contributed by atoms with Crippen LogP contribution in [0.1, 0.15) is 52.4 Å². The van der Waals surface area contributed by atoms with Gasteiger partial charge in [-0.1, -0.05) is 55.5 Å². The Kier molecular flexibility index (Phi) is 18.9. The van der Waals surface area contributed by atoms with E-state index in [4.69, 9.17) is 18.5 Å². The molecule has 206 valence electrons. The Labute approximate surface area is 216 Å². The summed E-state index contributed by atoms with van der Waals surface area (Å²) in [5.41, 5.74) is 0. The summed E-state index contributed by atoms with van der Waals surface area (Å²) >= 11 is 0. The molecule has 2 atom stereocenters. The summed E-state index contributed by atoms with van der Waals surface area (Å²) in [7, 11) is 1.41. The first-order valence-electron chi connectivity index (χ1n) is 12.3. The molecule has 0 aliphatic rings. The van der Waals surface area contributed by atoms with Gasteiger partial charge in [0.15, 0.2) is 6.10 Å². The minimum Gasteiger partial charge on any atom is -0.462 e. The van der Waals surface area contributed by atoms with Crippen LogP contribution in [0.2, 0.25) is 0 Å². The average Bonchev–Trinajstić information content (AvgIpc) is 2.77. The van der Waals surface area contributed by atoms with Gasteiger partial charge in [0, 0.05) is 13.3 Å². The van der Waals surface area contributed by atoms with Gasteiger partial charge < -0.3 is 18.9 Å². The fourth-order valence-corrected chi connectivity index (χ4v) is 3.26. The number of phosphoric acid groups is 1. The van der Waals surface area contributed by atoms with Crippen molar-refractivity contribution >= 4 is 19.8 Å². The lowest BCUT2D eigenvalue weighted by molar-refractivity contribution is -0.870. The van der Waals surface area contributed by atoms with E-state index in [1.807, 2.05) is 33.3 Å². The van der Waals surface area contributed by atoms with Crippen LogP contribution in [0.5, 0.6) is 0 Å². The van der Waals surface area contributed by atoms with Crippen molar-refractivity contribution < 1.29 is 42.1 Å². The average molecular weight is 531 g/mol. The number of nitrogens with zero attached hydrogens (tertiary/aromatic N) is 1. The van der Waals surface area contributed by atoms with Crippen LogP contribution in [0.25, 0.3) is 0 Å². The lowest BCUT2D eigenvalue weighted by atomic mass is 10.2. The molecule has 0 radical (unpaired) electrons. The highest BCUT2D eigenvalue weighted by Gasteiger charge is 2.26. The van der Waals surface area contributed by atoms with Crippen molar-refractivity contribution in [2.24, 2.45) is 0 Å². The molecule has 0 rings (SSSR count). The molecule has 36 heavy (non-hydrogen) atoms. The van der Waals surface area contributed by atoms with Crippen molar-refractivity contribution in [1.82, 2.24) is 0 Å². The fourth-order valence-electron chi connectivity index (χ4n) is 2.51. The van der Waals surface area contributed by atoms with Crippen molar-refractivity contribution in [3.8, 4) is 0 Å². The van der Waals surface area contributed by atoms with E-state index in [1.165, 1.54) is 6.92 Å². The molecule has 0 bridgehead atoms. The number of hydrogen-bond donors (Lipinski definition) is 1. The third-order valence-electron chi connectivity index (χ3n) is 4.44. The van der Waals surface area contributed by atoms with Crippen molar-refractivity contribution in [2.75, 3.05) is 47.5 Å². The number of ether oxygens (including phenoxy) is 2. The van der Waals surface area contributed by atoms with Crippen LogP contribution in [0.4, 0.5) is 0 Å². The molecule has 0 heterocycles. The Bertz CT molecular complexity index is 783. The van der Waals surface area contributed by atoms with Gasteiger partial charge in [0.1, 0.15) is 19.8 Å². The summed E-state index contributed by atoms with van der Waals surface area (Å²) in [5.74, 6) is -1.10. The van der Waals surface area contributed by atoms with Gasteiger partial charge in [-0.25, -0.2) is 4.57 Å². The van der Waals surface area contributed by atoms with Gasteiger partial charge in [0.05, 0.1) is 27.7 Å². The number of rotatable bonds is 20. The van der Waals surface area contributed by atoms with Crippen LogP contribution < -0.4 is 0 Å². The first-order valence-corrected chi connectivity index (χ1v) is 13.8. The molecular weight excluding hydrogens is 485 g/mol. The molecule has 10 heteroatoms. The number of carbonyl (C=O) groups is 2. The SMILES string of the molecule is CC/C=C\C/C=C\C/C=C\C/C=C\CCC(=O)OC(COC(C)=O)COP(=O)(O)OCC[N+](C)(C)C. The second-order valence-corrected chi connectivity index (χ2v) is 10.5. The molecule has 0 saturated carbocycles. The van der Waals surface area contributed by atoms with Crippen molar-refractivity contribution in [3.63, 3.8) is 0 Å². The predicted octanol–water partition coefficient (Wildman–Crippen LogP) is 4.89. The van der Waals surface area contributed by atoms with E-state index in [0.717, 1.165) is 25.7 Å². The van der Waals surface area contributed by atoms with E-state index in [9.17, 15) is 19.0 Å². The summed E-state index contributed by atoms with van der Waals surface area (Å²) in [5, 5.41) is 0. The van der Waals surface area contributed by atoms with E-state index in [1.54, 1.807) is 0 Å². The number of hydrogen-bond acceptors (Lipinski definition) is 7. The minimum absolute atomic E-state index is 0.0144. The Hall–Kier alpha value is -2.03. The quantitative estimate of drug-likeness (QED) is 0.103. The van der Waals surface area contributed by atoms with Crippen LogP contribution in [0.3, 0.4) is 0 Å². The first-order chi connectivity index (χ1) is 16.9. The van der Waals surface area contributed by atoms with Gasteiger partial charge in [-0.2, -0.15) is 0 Å². The lowest BCUT2D eigenvalue weighted by Crippen LogP contribution is -2.37. The largest absolute Gasteiger partial charge is 0.472 e. The van der Waals surface area contributed by atoms with Crippen molar-refractivity contribution in [2.45, 2.75) is 58.5 Å². The Morgan fingerprint density at radius 1 is 0.889 bits per heavy atom. The molecule has 9 nitrogen and oxygen atoms in total. The molecule has 0 fully saturated rings. The number of quaternary nitrogens is 1. The van der Waals surface area contributed by atoms with E-state index in [0.29, 0.717) is 17.4 Å². The lowest BCUT2D eigenvalue weighted by Gasteiger charge is -2.24. The maximum Gasteiger partial charge on any atom is 0.472 e. The third-order valence-corrected chi connectivity index (χ3v) is 5.43. The summed E-state index contributed by atoms with van der Waals surface area (Å²) in [6.07, 6.45) is 19.8. The van der Waals surface area contributed by atoms with Gasteiger partial charge in [0.2, 0.25) is 0 Å². The van der Waals surface area contributed by atoms with Crippen LogP contribution >= 0.6 is 7.82 Å². The molecular formula is C26H45NO8P+. The molecule has 0 aromatic carbocycles. The Balaban J connectivity index is 4.37. The molecule has 0 aromatic heterocycles. The molecule has 0 saturated heterocycles. The monoisotopic (exact) mass is 530 g/mol. The molecule has 0 aliphatic heterocycles. The van der Waals surface area contributed by atoms with E-state index >= 15 is 0 Å². The van der Waals surface area contributed by atoms with E-state index in [-0.39, 0.29) is 19.6 Å². The van der Waals surface area contributed by atoms with E-state index < -0.39 is 32.5 Å². The normalized spacial score (nSPS) is 15.2. The predicted molar refractivity (Wildman–Crippen MR) is 141 cm³/mol. The topological polar surface area (TPSA) is 108 Å². The zero-order valence-corrected chi connectivity index (χ0v) is 23.4. The summed E-state index contributed by atoms with van der Waals surface area (Å²) < 4.78 is 32.7. The first kappa shape index (κ1) is 34.0. The summed E-state index contributed by atoms with van der Waals surface area (Å²) in [6.45, 7) is 3.11. The zero-order valence-electron chi connectivity index (χ0n) is 22.5. The smallest absolute Gasteiger partial charge is 0.462 e. The maximum absolute atomic E-state index is 12.2. The van der Waals surface area contributed by atoms with Gasteiger partial charge in [-0.15, -0.1) is 0 Å². The van der Waals surface area contributed by atoms with Gasteiger partial charge >= 0.3 is 19.8 Å². The van der Waals surface area contributed by atoms with Gasteiger partial charge in [0.25, 0.3) is 0 Å². The molecule has 1 N–H and O–H groups in total. The Morgan fingerprint density at radius 3 is 1.97 bits per heavy atom. The number of likely N-dealkylation sites (N-methyl/N-ethyl adjacent to an activating group) is 1. The Morgan fingerprint density at radius 2 is 1.44 bits per heavy atom. The number of esters is 2. The second-order valence-electron chi connectivity index (χ2n) is 9.07. The number of allylic oxidation sites excluding steroid dienone is 8. The van der Waals surface area contributed by atoms with E-state index in [2.05, 4.69) is 43.4 Å². The highest BCUT2D eigenvalue weighted by Crippen LogP contribution is 2.43. The highest BCUT2D eigenvalue weighted by molar-refractivity contribution is 7.47. The van der Waals surface area contributed by atoms with Crippen LogP contribution in [0, 0.1) is 0 Å². The third kappa shape index (κ3) is 23.7. The summed E-state index contributed by atoms with van der Waals surface area (Å²) in [4.78, 5) is 33.1. The molecule has 2 unspecified atom stereocenters. The summed E-state index contributed by atoms with van der Waals surface area (Å²) in [6, 6.07) is 0. The van der Waals surface area contributed by atoms with Crippen molar-refractivity contribution in [1.29, 1.82) is 0 Å².